The first kappa shape index (κ1) is 25.2. The van der Waals surface area contributed by atoms with Gasteiger partial charge in [0.1, 0.15) is 0 Å². The van der Waals surface area contributed by atoms with Crippen LogP contribution in [0, 0.1) is 5.92 Å². The van der Waals surface area contributed by atoms with E-state index in [0.717, 1.165) is 12.5 Å². The molecule has 0 spiro atoms. The first-order chi connectivity index (χ1) is 12.0. The highest BCUT2D eigenvalue weighted by Crippen LogP contribution is 2.21. The van der Waals surface area contributed by atoms with Gasteiger partial charge in [0, 0.05) is 6.61 Å². The lowest BCUT2D eigenvalue weighted by atomic mass is 9.95. The Labute approximate surface area is 161 Å². The van der Waals surface area contributed by atoms with Crippen LogP contribution in [0.3, 0.4) is 0 Å². The summed E-state index contributed by atoms with van der Waals surface area (Å²) in [5.74, 6) is 0.818. The van der Waals surface area contributed by atoms with Crippen LogP contribution in [-0.2, 0) is 4.43 Å². The molecule has 1 atom stereocenters. The molecule has 152 valence electrons. The molecule has 0 bridgehead atoms. The molecular weight excluding hydrogens is 320 g/mol. The number of hydrogen-bond acceptors (Lipinski definition) is 1. The maximum absolute atomic E-state index is 6.25. The summed E-state index contributed by atoms with van der Waals surface area (Å²) < 4.78 is 6.25. The molecule has 0 saturated carbocycles. The van der Waals surface area contributed by atoms with Crippen molar-refractivity contribution in [3.8, 4) is 0 Å². The Morgan fingerprint density at radius 2 is 0.920 bits per heavy atom. The molecule has 0 N–H and O–H groups in total. The molecule has 0 aliphatic heterocycles. The van der Waals surface area contributed by atoms with Gasteiger partial charge >= 0.3 is 0 Å². The van der Waals surface area contributed by atoms with E-state index in [1.165, 1.54) is 103 Å². The number of unbranched alkanes of at least 4 members (excludes halogenated alkanes) is 12. The minimum Gasteiger partial charge on any atom is -0.417 e. The second-order valence-corrected chi connectivity index (χ2v) is 13.6. The summed E-state index contributed by atoms with van der Waals surface area (Å²) in [6, 6.07) is 0. The lowest BCUT2D eigenvalue weighted by Crippen LogP contribution is -2.28. The number of rotatable bonds is 19. The van der Waals surface area contributed by atoms with E-state index in [4.69, 9.17) is 4.43 Å². The third-order valence-corrected chi connectivity index (χ3v) is 6.22. The van der Waals surface area contributed by atoms with Crippen molar-refractivity contribution in [2.45, 2.75) is 136 Å². The van der Waals surface area contributed by atoms with E-state index in [1.54, 1.807) is 0 Å². The van der Waals surface area contributed by atoms with Gasteiger partial charge in [-0.1, -0.05) is 104 Å². The Hall–Kier alpha value is 0.177. The largest absolute Gasteiger partial charge is 0.417 e. The molecule has 0 rings (SSSR count). The monoisotopic (exact) mass is 370 g/mol. The van der Waals surface area contributed by atoms with Crippen molar-refractivity contribution >= 4 is 8.32 Å². The van der Waals surface area contributed by atoms with Gasteiger partial charge in [0.05, 0.1) is 0 Å². The normalized spacial score (nSPS) is 13.3. The molecule has 0 radical (unpaired) electrons. The molecule has 2 heteroatoms. The highest BCUT2D eigenvalue weighted by molar-refractivity contribution is 6.69. The minimum absolute atomic E-state index is 0.818. The van der Waals surface area contributed by atoms with Gasteiger partial charge < -0.3 is 4.43 Å². The van der Waals surface area contributed by atoms with Crippen LogP contribution in [0.15, 0.2) is 0 Å². The summed E-state index contributed by atoms with van der Waals surface area (Å²) >= 11 is 0. The molecule has 0 aliphatic carbocycles. The summed E-state index contributed by atoms with van der Waals surface area (Å²) in [6.45, 7) is 12.6. The fourth-order valence-electron chi connectivity index (χ4n) is 3.46. The van der Waals surface area contributed by atoms with Crippen LogP contribution >= 0.6 is 0 Å². The van der Waals surface area contributed by atoms with Gasteiger partial charge in [-0.2, -0.15) is 0 Å². The Bertz CT molecular complexity index is 259. The Balaban J connectivity index is 3.81. The van der Waals surface area contributed by atoms with Crippen molar-refractivity contribution < 1.29 is 4.43 Å². The van der Waals surface area contributed by atoms with E-state index in [2.05, 4.69) is 33.5 Å². The van der Waals surface area contributed by atoms with Crippen molar-refractivity contribution in [3.05, 3.63) is 0 Å². The van der Waals surface area contributed by atoms with Crippen LogP contribution in [-0.4, -0.2) is 14.9 Å². The van der Waals surface area contributed by atoms with Crippen LogP contribution < -0.4 is 0 Å². The lowest BCUT2D eigenvalue weighted by molar-refractivity contribution is 0.218. The van der Waals surface area contributed by atoms with Gasteiger partial charge in [-0.15, -0.1) is 0 Å². The zero-order chi connectivity index (χ0) is 18.8. The zero-order valence-corrected chi connectivity index (χ0v) is 19.5. The van der Waals surface area contributed by atoms with Crippen molar-refractivity contribution in [2.24, 2.45) is 5.92 Å². The standard InChI is InChI=1S/C23H50OSi/c1-6-8-10-12-14-15-17-19-21-23(22-24-25(3,4)5)20-18-16-13-11-9-7-2/h23H,6-22H2,1-5H3. The Morgan fingerprint density at radius 1 is 0.560 bits per heavy atom. The lowest BCUT2D eigenvalue weighted by Gasteiger charge is -2.23. The molecule has 25 heavy (non-hydrogen) atoms. The van der Waals surface area contributed by atoms with Crippen LogP contribution in [0.25, 0.3) is 0 Å². The average molecular weight is 371 g/mol. The molecule has 0 aromatic rings. The van der Waals surface area contributed by atoms with E-state index in [0.29, 0.717) is 0 Å². The summed E-state index contributed by atoms with van der Waals surface area (Å²) in [6.07, 6.45) is 22.7. The average Bonchev–Trinajstić information content (AvgIpc) is 2.56. The highest BCUT2D eigenvalue weighted by atomic mass is 28.4. The third kappa shape index (κ3) is 20.3. The minimum atomic E-state index is -1.36. The molecule has 0 saturated heterocycles. The SMILES string of the molecule is CCCCCCCCCCC(CCCCCCCC)CO[Si](C)(C)C. The Kier molecular flexibility index (Phi) is 17.7. The molecule has 0 aliphatic rings. The topological polar surface area (TPSA) is 9.23 Å². The van der Waals surface area contributed by atoms with Crippen LogP contribution in [0.4, 0.5) is 0 Å². The van der Waals surface area contributed by atoms with E-state index >= 15 is 0 Å². The molecule has 0 aromatic carbocycles. The van der Waals surface area contributed by atoms with Crippen LogP contribution in [0.2, 0.25) is 19.6 Å². The summed E-state index contributed by atoms with van der Waals surface area (Å²) in [7, 11) is -1.36. The fraction of sp³-hybridized carbons (Fsp3) is 1.00. The molecule has 0 fully saturated rings. The van der Waals surface area contributed by atoms with Gasteiger partial charge in [-0.25, -0.2) is 0 Å². The maximum atomic E-state index is 6.25. The van der Waals surface area contributed by atoms with E-state index in [-0.39, 0.29) is 0 Å². The summed E-state index contributed by atoms with van der Waals surface area (Å²) in [4.78, 5) is 0. The summed E-state index contributed by atoms with van der Waals surface area (Å²) in [5, 5.41) is 0. The summed E-state index contributed by atoms with van der Waals surface area (Å²) in [5.41, 5.74) is 0. The van der Waals surface area contributed by atoms with Crippen molar-refractivity contribution in [1.29, 1.82) is 0 Å². The molecule has 0 aromatic heterocycles. The van der Waals surface area contributed by atoms with Crippen molar-refractivity contribution in [3.63, 3.8) is 0 Å². The first-order valence-corrected chi connectivity index (χ1v) is 15.0. The van der Waals surface area contributed by atoms with Gasteiger partial charge in [0.25, 0.3) is 0 Å². The van der Waals surface area contributed by atoms with E-state index < -0.39 is 8.32 Å². The molecule has 0 amide bonds. The smallest absolute Gasteiger partial charge is 0.183 e. The van der Waals surface area contributed by atoms with E-state index in [1.807, 2.05) is 0 Å². The van der Waals surface area contributed by atoms with E-state index in [9.17, 15) is 0 Å². The molecule has 1 unspecified atom stereocenters. The highest BCUT2D eigenvalue weighted by Gasteiger charge is 2.17. The first-order valence-electron chi connectivity index (χ1n) is 11.6. The van der Waals surface area contributed by atoms with Gasteiger partial charge in [0.2, 0.25) is 0 Å². The van der Waals surface area contributed by atoms with Crippen molar-refractivity contribution in [2.75, 3.05) is 6.61 Å². The predicted molar refractivity (Wildman–Crippen MR) is 118 cm³/mol. The van der Waals surface area contributed by atoms with Crippen molar-refractivity contribution in [1.82, 2.24) is 0 Å². The predicted octanol–water partition coefficient (Wildman–Crippen LogP) is 8.74. The second-order valence-electron chi connectivity index (χ2n) is 9.11. The van der Waals surface area contributed by atoms with Crippen LogP contribution in [0.1, 0.15) is 117 Å². The van der Waals surface area contributed by atoms with Gasteiger partial charge in [-0.05, 0) is 38.4 Å². The quantitative estimate of drug-likeness (QED) is 0.163. The number of hydrogen-bond donors (Lipinski definition) is 0. The fourth-order valence-corrected chi connectivity index (χ4v) is 4.19. The van der Waals surface area contributed by atoms with Crippen LogP contribution in [0.5, 0.6) is 0 Å². The van der Waals surface area contributed by atoms with Gasteiger partial charge in [0.15, 0.2) is 8.32 Å². The molecule has 1 nitrogen and oxygen atoms in total. The Morgan fingerprint density at radius 3 is 1.28 bits per heavy atom. The maximum Gasteiger partial charge on any atom is 0.183 e. The zero-order valence-electron chi connectivity index (χ0n) is 18.5. The van der Waals surface area contributed by atoms with Gasteiger partial charge in [-0.3, -0.25) is 0 Å². The molecule has 0 heterocycles. The second kappa shape index (κ2) is 17.6. The molecular formula is C23H50OSi. The third-order valence-electron chi connectivity index (χ3n) is 5.18.